The Morgan fingerprint density at radius 2 is 1.95 bits per heavy atom. The van der Waals surface area contributed by atoms with E-state index in [0.717, 1.165) is 23.8 Å². The van der Waals surface area contributed by atoms with Crippen molar-refractivity contribution in [3.05, 3.63) is 41.0 Å². The number of rotatable bonds is 6. The fraction of sp³-hybridized carbons (Fsp3) is 0.400. The van der Waals surface area contributed by atoms with Gasteiger partial charge in [0.1, 0.15) is 0 Å². The molecule has 0 atom stereocenters. The number of allylic oxidation sites excluding steroid dienone is 2. The van der Waals surface area contributed by atoms with Crippen molar-refractivity contribution in [3.63, 3.8) is 0 Å². The highest BCUT2D eigenvalue weighted by Gasteiger charge is 2.18. The summed E-state index contributed by atoms with van der Waals surface area (Å²) in [6, 6.07) is 3.20. The summed E-state index contributed by atoms with van der Waals surface area (Å²) in [6.45, 7) is 3.83. The summed E-state index contributed by atoms with van der Waals surface area (Å²) in [5, 5.41) is -0.619. The summed E-state index contributed by atoms with van der Waals surface area (Å²) < 4.78 is 23.8. The van der Waals surface area contributed by atoms with Crippen LogP contribution in [-0.2, 0) is 22.7 Å². The van der Waals surface area contributed by atoms with E-state index < -0.39 is 15.1 Å². The van der Waals surface area contributed by atoms with Gasteiger partial charge in [-0.25, -0.2) is 8.42 Å². The molecule has 20 heavy (non-hydrogen) atoms. The Labute approximate surface area is 125 Å². The van der Waals surface area contributed by atoms with Crippen molar-refractivity contribution in [2.45, 2.75) is 38.0 Å². The molecule has 1 aromatic rings. The Bertz CT molecular complexity index is 631. The Kier molecular flexibility index (Phi) is 5.96. The second kappa shape index (κ2) is 7.04. The molecule has 0 bridgehead atoms. The van der Waals surface area contributed by atoms with E-state index in [1.165, 1.54) is 6.07 Å². The maximum Gasteiger partial charge on any atom is 0.252 e. The van der Waals surface area contributed by atoms with Crippen LogP contribution in [-0.4, -0.2) is 19.9 Å². The molecule has 0 aliphatic carbocycles. The van der Waals surface area contributed by atoms with Gasteiger partial charge in [-0.15, -0.1) is 0 Å². The lowest BCUT2D eigenvalue weighted by Crippen LogP contribution is -2.07. The number of carbonyl (C=O) groups is 1. The third-order valence-electron chi connectivity index (χ3n) is 3.09. The molecule has 3 nitrogen and oxygen atoms in total. The summed E-state index contributed by atoms with van der Waals surface area (Å²) in [7, 11) is -3.39. The Morgan fingerprint density at radius 1 is 1.30 bits per heavy atom. The van der Waals surface area contributed by atoms with Gasteiger partial charge >= 0.3 is 0 Å². The van der Waals surface area contributed by atoms with Crippen LogP contribution in [0.25, 0.3) is 0 Å². The molecule has 1 rings (SSSR count). The summed E-state index contributed by atoms with van der Waals surface area (Å²) in [5.74, 6) is 0. The van der Waals surface area contributed by atoms with E-state index in [0.29, 0.717) is 12.8 Å². The maximum absolute atomic E-state index is 11.9. The molecule has 0 radical (unpaired) electrons. The zero-order valence-corrected chi connectivity index (χ0v) is 13.5. The predicted octanol–water partition coefficient (Wildman–Crippen LogP) is 3.54. The topological polar surface area (TPSA) is 51.2 Å². The van der Waals surface area contributed by atoms with Crippen LogP contribution < -0.4 is 0 Å². The van der Waals surface area contributed by atoms with Gasteiger partial charge in [-0.05, 0) is 55.0 Å². The van der Waals surface area contributed by atoms with Gasteiger partial charge in [0.05, 0.1) is 4.90 Å². The first kappa shape index (κ1) is 16.9. The van der Waals surface area contributed by atoms with Gasteiger partial charge in [0.15, 0.2) is 9.84 Å². The Balaban J connectivity index is 3.43. The molecule has 1 aromatic carbocycles. The van der Waals surface area contributed by atoms with E-state index in [1.54, 1.807) is 6.07 Å². The molecule has 0 unspecified atom stereocenters. The quantitative estimate of drug-likeness (QED) is 0.596. The number of sulfone groups is 1. The van der Waals surface area contributed by atoms with E-state index in [9.17, 15) is 13.2 Å². The van der Waals surface area contributed by atoms with Gasteiger partial charge < -0.3 is 0 Å². The maximum atomic E-state index is 11.9. The number of carbonyl (C=O) groups excluding carboxylic acids is 1. The average Bonchev–Trinajstić information content (AvgIpc) is 2.36. The molecule has 5 heteroatoms. The molecule has 0 N–H and O–H groups in total. The van der Waals surface area contributed by atoms with Crippen molar-refractivity contribution >= 4 is 26.7 Å². The zero-order valence-electron chi connectivity index (χ0n) is 11.9. The van der Waals surface area contributed by atoms with E-state index in [4.69, 9.17) is 11.6 Å². The lowest BCUT2D eigenvalue weighted by Gasteiger charge is -2.12. The van der Waals surface area contributed by atoms with Crippen LogP contribution >= 0.6 is 11.6 Å². The minimum Gasteiger partial charge on any atom is -0.276 e. The monoisotopic (exact) mass is 314 g/mol. The Morgan fingerprint density at radius 3 is 2.40 bits per heavy atom. The van der Waals surface area contributed by atoms with Gasteiger partial charge in [-0.2, -0.15) is 0 Å². The molecule has 110 valence electrons. The van der Waals surface area contributed by atoms with Crippen LogP contribution in [0.15, 0.2) is 29.2 Å². The fourth-order valence-corrected chi connectivity index (χ4v) is 3.24. The standard InChI is InChI=1S/C15H19ClO3S/c1-4-6-7-8-12-9-11(5-2)13(15(16)17)10-14(12)20(3,18)19/h4,6,9-10H,5,7-8H2,1-3H3/b6-4+. The van der Waals surface area contributed by atoms with Crippen molar-refractivity contribution in [3.8, 4) is 0 Å². The molecule has 0 aliphatic heterocycles. The molecule has 0 fully saturated rings. The highest BCUT2D eigenvalue weighted by Crippen LogP contribution is 2.24. The number of halogens is 1. The molecule has 0 aromatic heterocycles. The highest BCUT2D eigenvalue weighted by molar-refractivity contribution is 7.90. The smallest absolute Gasteiger partial charge is 0.252 e. The molecule has 0 saturated heterocycles. The van der Waals surface area contributed by atoms with Crippen molar-refractivity contribution < 1.29 is 13.2 Å². The largest absolute Gasteiger partial charge is 0.276 e. The summed E-state index contributed by atoms with van der Waals surface area (Å²) in [6.07, 6.45) is 7.08. The van der Waals surface area contributed by atoms with Crippen LogP contribution in [0.2, 0.25) is 0 Å². The van der Waals surface area contributed by atoms with Crippen molar-refractivity contribution in [2.75, 3.05) is 6.26 Å². The number of hydrogen-bond donors (Lipinski definition) is 0. The first-order valence-corrected chi connectivity index (χ1v) is 8.75. The van der Waals surface area contributed by atoms with E-state index >= 15 is 0 Å². The van der Waals surface area contributed by atoms with Crippen LogP contribution in [0, 0.1) is 0 Å². The molecule has 0 amide bonds. The SMILES string of the molecule is C/C=C/CCc1cc(CC)c(C(=O)Cl)cc1S(C)(=O)=O. The van der Waals surface area contributed by atoms with Crippen molar-refractivity contribution in [1.29, 1.82) is 0 Å². The minimum absolute atomic E-state index is 0.197. The fourth-order valence-electron chi connectivity index (χ4n) is 2.10. The van der Waals surface area contributed by atoms with Crippen LogP contribution in [0.5, 0.6) is 0 Å². The zero-order chi connectivity index (χ0) is 15.3. The van der Waals surface area contributed by atoms with E-state index in [-0.39, 0.29) is 10.5 Å². The third-order valence-corrected chi connectivity index (χ3v) is 4.48. The minimum atomic E-state index is -3.39. The molecular formula is C15H19ClO3S. The molecule has 0 spiro atoms. The molecule has 0 heterocycles. The van der Waals surface area contributed by atoms with Crippen LogP contribution in [0.1, 0.15) is 41.8 Å². The van der Waals surface area contributed by atoms with E-state index in [2.05, 4.69) is 0 Å². The van der Waals surface area contributed by atoms with Gasteiger partial charge in [0.2, 0.25) is 0 Å². The van der Waals surface area contributed by atoms with Crippen LogP contribution in [0.4, 0.5) is 0 Å². The van der Waals surface area contributed by atoms with Gasteiger partial charge in [0.25, 0.3) is 5.24 Å². The second-order valence-corrected chi connectivity index (χ2v) is 6.95. The van der Waals surface area contributed by atoms with Crippen LogP contribution in [0.3, 0.4) is 0 Å². The lowest BCUT2D eigenvalue weighted by atomic mass is 10.00. The lowest BCUT2D eigenvalue weighted by molar-refractivity contribution is 0.108. The molecular weight excluding hydrogens is 296 g/mol. The second-order valence-electron chi connectivity index (χ2n) is 4.62. The van der Waals surface area contributed by atoms with E-state index in [1.807, 2.05) is 26.0 Å². The van der Waals surface area contributed by atoms with Gasteiger partial charge in [-0.1, -0.05) is 25.1 Å². The summed E-state index contributed by atoms with van der Waals surface area (Å²) >= 11 is 5.54. The van der Waals surface area contributed by atoms with Crippen molar-refractivity contribution in [1.82, 2.24) is 0 Å². The summed E-state index contributed by atoms with van der Waals surface area (Å²) in [5.41, 5.74) is 1.81. The van der Waals surface area contributed by atoms with Gasteiger partial charge in [0, 0.05) is 11.8 Å². The van der Waals surface area contributed by atoms with Gasteiger partial charge in [-0.3, -0.25) is 4.79 Å². The predicted molar refractivity (Wildman–Crippen MR) is 82.2 cm³/mol. The third kappa shape index (κ3) is 4.18. The molecule has 0 aliphatic rings. The first-order valence-electron chi connectivity index (χ1n) is 6.48. The average molecular weight is 315 g/mol. The Hall–Kier alpha value is -1.13. The number of hydrogen-bond acceptors (Lipinski definition) is 3. The number of benzene rings is 1. The molecule has 0 saturated carbocycles. The van der Waals surface area contributed by atoms with Crippen molar-refractivity contribution in [2.24, 2.45) is 0 Å². The highest BCUT2D eigenvalue weighted by atomic mass is 35.5. The first-order chi connectivity index (χ1) is 9.31. The number of aryl methyl sites for hydroxylation is 2. The normalized spacial score (nSPS) is 12.0. The summed E-state index contributed by atoms with van der Waals surface area (Å²) in [4.78, 5) is 11.6.